The van der Waals surface area contributed by atoms with E-state index in [-0.39, 0.29) is 5.63 Å². The Morgan fingerprint density at radius 1 is 0.909 bits per heavy atom. The van der Waals surface area contributed by atoms with Gasteiger partial charge in [0, 0.05) is 11.5 Å². The Balaban J connectivity index is 2.23. The van der Waals surface area contributed by atoms with Crippen LogP contribution < -0.4 is 15.1 Å². The maximum absolute atomic E-state index is 12.2. The number of hydrogen-bond acceptors (Lipinski definition) is 4. The predicted octanol–water partition coefficient (Wildman–Crippen LogP) is 3.79. The third-order valence-electron chi connectivity index (χ3n) is 3.60. The van der Waals surface area contributed by atoms with E-state index in [1.165, 1.54) is 0 Å². The van der Waals surface area contributed by atoms with Crippen molar-refractivity contribution in [1.82, 2.24) is 0 Å². The smallest absolute Gasteiger partial charge is 0.344 e. The van der Waals surface area contributed by atoms with Crippen molar-refractivity contribution in [2.24, 2.45) is 0 Å². The zero-order chi connectivity index (χ0) is 15.7. The Bertz CT molecular complexity index is 876. The van der Waals surface area contributed by atoms with Crippen LogP contribution in [0.3, 0.4) is 0 Å². The van der Waals surface area contributed by atoms with Crippen LogP contribution in [-0.4, -0.2) is 14.2 Å². The lowest BCUT2D eigenvalue weighted by atomic mass is 10.0. The number of ether oxygens (including phenoxy) is 2. The van der Waals surface area contributed by atoms with Gasteiger partial charge in [0.2, 0.25) is 0 Å². The molecule has 2 aromatic carbocycles. The van der Waals surface area contributed by atoms with E-state index in [0.717, 1.165) is 16.5 Å². The van der Waals surface area contributed by atoms with Gasteiger partial charge in [-0.15, -0.1) is 0 Å². The lowest BCUT2D eigenvalue weighted by Crippen LogP contribution is -2.03. The second-order valence-electron chi connectivity index (χ2n) is 5.06. The average Bonchev–Trinajstić information content (AvgIpc) is 2.54. The van der Waals surface area contributed by atoms with Crippen molar-refractivity contribution in [3.63, 3.8) is 0 Å². The minimum absolute atomic E-state index is 0.372. The number of benzene rings is 2. The standard InChI is InChI=1S/C18H16O4/c1-11-4-6-12(7-5-11)14-8-13-9-16(20-2)17(21-3)10-15(13)22-18(14)19/h4-10H,1-3H3. The van der Waals surface area contributed by atoms with Crippen LogP contribution in [0.4, 0.5) is 0 Å². The Labute approximate surface area is 127 Å². The molecule has 0 spiro atoms. The van der Waals surface area contributed by atoms with E-state index < -0.39 is 0 Å². The van der Waals surface area contributed by atoms with Crippen LogP contribution in [0, 0.1) is 6.92 Å². The van der Waals surface area contributed by atoms with Crippen LogP contribution in [0.15, 0.2) is 51.7 Å². The topological polar surface area (TPSA) is 48.7 Å². The van der Waals surface area contributed by atoms with Crippen molar-refractivity contribution in [3.8, 4) is 22.6 Å². The molecule has 0 radical (unpaired) electrons. The van der Waals surface area contributed by atoms with Gasteiger partial charge in [-0.1, -0.05) is 29.8 Å². The molecule has 0 saturated heterocycles. The van der Waals surface area contributed by atoms with E-state index in [1.807, 2.05) is 37.3 Å². The summed E-state index contributed by atoms with van der Waals surface area (Å²) in [6.45, 7) is 2.00. The van der Waals surface area contributed by atoms with Crippen molar-refractivity contribution in [3.05, 3.63) is 58.4 Å². The Morgan fingerprint density at radius 2 is 1.55 bits per heavy atom. The summed E-state index contributed by atoms with van der Waals surface area (Å²) in [7, 11) is 3.12. The average molecular weight is 296 g/mol. The molecule has 0 aliphatic rings. The fourth-order valence-electron chi connectivity index (χ4n) is 2.38. The van der Waals surface area contributed by atoms with Gasteiger partial charge in [-0.25, -0.2) is 4.79 Å². The SMILES string of the molecule is COc1cc2cc(-c3ccc(C)cc3)c(=O)oc2cc1OC. The summed E-state index contributed by atoms with van der Waals surface area (Å²) in [6, 6.07) is 13.0. The maximum atomic E-state index is 12.2. The third-order valence-corrected chi connectivity index (χ3v) is 3.60. The van der Waals surface area contributed by atoms with Crippen molar-refractivity contribution in [2.75, 3.05) is 14.2 Å². The Hall–Kier alpha value is -2.75. The number of rotatable bonds is 3. The second kappa shape index (κ2) is 5.56. The summed E-state index contributed by atoms with van der Waals surface area (Å²) in [5, 5.41) is 0.785. The Morgan fingerprint density at radius 3 is 2.18 bits per heavy atom. The minimum Gasteiger partial charge on any atom is -0.493 e. The van der Waals surface area contributed by atoms with Gasteiger partial charge in [-0.3, -0.25) is 0 Å². The lowest BCUT2D eigenvalue weighted by Gasteiger charge is -2.09. The predicted molar refractivity (Wildman–Crippen MR) is 85.8 cm³/mol. The summed E-state index contributed by atoms with van der Waals surface area (Å²) in [5.41, 5.74) is 2.60. The number of fused-ring (bicyclic) bond motifs is 1. The summed E-state index contributed by atoms with van der Waals surface area (Å²) in [5.74, 6) is 1.12. The summed E-state index contributed by atoms with van der Waals surface area (Å²) >= 11 is 0. The van der Waals surface area contributed by atoms with E-state index in [2.05, 4.69) is 0 Å². The molecule has 0 unspecified atom stereocenters. The molecular weight excluding hydrogens is 280 g/mol. The van der Waals surface area contributed by atoms with Gasteiger partial charge in [-0.2, -0.15) is 0 Å². The van der Waals surface area contributed by atoms with Crippen LogP contribution >= 0.6 is 0 Å². The van der Waals surface area contributed by atoms with Crippen LogP contribution in [-0.2, 0) is 0 Å². The number of hydrogen-bond donors (Lipinski definition) is 0. The van der Waals surface area contributed by atoms with Crippen molar-refractivity contribution in [2.45, 2.75) is 6.92 Å². The molecule has 3 aromatic rings. The molecule has 0 fully saturated rings. The molecule has 0 aliphatic carbocycles. The summed E-state index contributed by atoms with van der Waals surface area (Å²) in [4.78, 5) is 12.2. The molecule has 4 nitrogen and oxygen atoms in total. The fourth-order valence-corrected chi connectivity index (χ4v) is 2.38. The molecule has 22 heavy (non-hydrogen) atoms. The van der Waals surface area contributed by atoms with E-state index in [4.69, 9.17) is 13.9 Å². The van der Waals surface area contributed by atoms with Gasteiger partial charge < -0.3 is 13.9 Å². The van der Waals surface area contributed by atoms with Gasteiger partial charge >= 0.3 is 5.63 Å². The van der Waals surface area contributed by atoms with Gasteiger partial charge in [-0.05, 0) is 24.6 Å². The first-order valence-corrected chi connectivity index (χ1v) is 6.89. The van der Waals surface area contributed by atoms with Crippen molar-refractivity contribution >= 4 is 11.0 Å². The molecule has 1 aromatic heterocycles. The first-order chi connectivity index (χ1) is 10.6. The van der Waals surface area contributed by atoms with Gasteiger partial charge in [0.05, 0.1) is 19.8 Å². The van der Waals surface area contributed by atoms with Crippen LogP contribution in [0.25, 0.3) is 22.1 Å². The normalized spacial score (nSPS) is 10.7. The van der Waals surface area contributed by atoms with Crippen molar-refractivity contribution < 1.29 is 13.9 Å². The Kier molecular flexibility index (Phi) is 3.59. The molecule has 0 saturated carbocycles. The van der Waals surface area contributed by atoms with Gasteiger partial charge in [0.15, 0.2) is 11.5 Å². The molecule has 0 amide bonds. The zero-order valence-electron chi connectivity index (χ0n) is 12.7. The second-order valence-corrected chi connectivity index (χ2v) is 5.06. The molecule has 0 atom stereocenters. The van der Waals surface area contributed by atoms with Gasteiger partial charge in [0.1, 0.15) is 5.58 Å². The molecule has 3 rings (SSSR count). The highest BCUT2D eigenvalue weighted by atomic mass is 16.5. The first-order valence-electron chi connectivity index (χ1n) is 6.89. The van der Waals surface area contributed by atoms with E-state index in [9.17, 15) is 4.79 Å². The van der Waals surface area contributed by atoms with Crippen LogP contribution in [0.5, 0.6) is 11.5 Å². The molecule has 0 aliphatic heterocycles. The van der Waals surface area contributed by atoms with Crippen LogP contribution in [0.1, 0.15) is 5.56 Å². The fraction of sp³-hybridized carbons (Fsp3) is 0.167. The number of methoxy groups -OCH3 is 2. The lowest BCUT2D eigenvalue weighted by molar-refractivity contribution is 0.355. The first kappa shape index (κ1) is 14.2. The van der Waals surface area contributed by atoms with E-state index in [1.54, 1.807) is 26.4 Å². The molecule has 0 N–H and O–H groups in total. The third kappa shape index (κ3) is 2.44. The largest absolute Gasteiger partial charge is 0.493 e. The molecule has 1 heterocycles. The minimum atomic E-state index is -0.372. The molecular formula is C18H16O4. The maximum Gasteiger partial charge on any atom is 0.344 e. The highest BCUT2D eigenvalue weighted by Crippen LogP contribution is 2.33. The van der Waals surface area contributed by atoms with Gasteiger partial charge in [0.25, 0.3) is 0 Å². The number of aryl methyl sites for hydroxylation is 1. The van der Waals surface area contributed by atoms with E-state index in [0.29, 0.717) is 22.6 Å². The molecule has 0 bridgehead atoms. The molecule has 112 valence electrons. The molecule has 4 heteroatoms. The van der Waals surface area contributed by atoms with Crippen LogP contribution in [0.2, 0.25) is 0 Å². The quantitative estimate of drug-likeness (QED) is 0.690. The summed E-state index contributed by atoms with van der Waals surface area (Å²) < 4.78 is 15.9. The van der Waals surface area contributed by atoms with Crippen molar-refractivity contribution in [1.29, 1.82) is 0 Å². The highest BCUT2D eigenvalue weighted by molar-refractivity contribution is 5.84. The highest BCUT2D eigenvalue weighted by Gasteiger charge is 2.12. The zero-order valence-corrected chi connectivity index (χ0v) is 12.7. The van der Waals surface area contributed by atoms with E-state index >= 15 is 0 Å². The monoisotopic (exact) mass is 296 g/mol. The summed E-state index contributed by atoms with van der Waals surface area (Å²) in [6.07, 6.45) is 0.